The van der Waals surface area contributed by atoms with Gasteiger partial charge in [0.1, 0.15) is 6.26 Å². The van der Waals surface area contributed by atoms with Gasteiger partial charge in [-0.25, -0.2) is 9.78 Å². The van der Waals surface area contributed by atoms with Crippen molar-refractivity contribution in [2.24, 2.45) is 0 Å². The molecule has 0 aliphatic rings. The summed E-state index contributed by atoms with van der Waals surface area (Å²) in [5.74, 6) is -0.0426. The van der Waals surface area contributed by atoms with Crippen LogP contribution in [0, 0.1) is 0 Å². The van der Waals surface area contributed by atoms with Gasteiger partial charge < -0.3 is 9.15 Å². The molecule has 5 heteroatoms. The molecule has 0 atom stereocenters. The molecule has 2 rings (SSSR count). The summed E-state index contributed by atoms with van der Waals surface area (Å²) in [5.41, 5.74) is 1.03. The number of thioether (sulfide) groups is 1. The highest BCUT2D eigenvalue weighted by molar-refractivity contribution is 7.98. The van der Waals surface area contributed by atoms with E-state index in [9.17, 15) is 4.79 Å². The second-order valence-electron chi connectivity index (χ2n) is 3.49. The maximum Gasteiger partial charge on any atom is 0.360 e. The lowest BCUT2D eigenvalue weighted by atomic mass is 10.2. The Morgan fingerprint density at radius 1 is 1.39 bits per heavy atom. The fourth-order valence-electron chi connectivity index (χ4n) is 1.44. The molecule has 2 aromatic rings. The summed E-state index contributed by atoms with van der Waals surface area (Å²) < 4.78 is 10.1. The summed E-state index contributed by atoms with van der Waals surface area (Å²) in [6, 6.07) is 7.78. The van der Waals surface area contributed by atoms with Crippen molar-refractivity contribution in [2.45, 2.75) is 11.8 Å². The Kier molecular flexibility index (Phi) is 4.04. The Balaban J connectivity index is 2.20. The fraction of sp³-hybridized carbons (Fsp3) is 0.231. The van der Waals surface area contributed by atoms with Gasteiger partial charge in [-0.05, 0) is 37.4 Å². The first-order valence-electron chi connectivity index (χ1n) is 5.51. The van der Waals surface area contributed by atoms with Gasteiger partial charge in [-0.15, -0.1) is 11.8 Å². The quantitative estimate of drug-likeness (QED) is 0.626. The first kappa shape index (κ1) is 12.7. The Bertz CT molecular complexity index is 533. The van der Waals surface area contributed by atoms with Crippen LogP contribution >= 0.6 is 11.8 Å². The van der Waals surface area contributed by atoms with Crippen LogP contribution in [0.15, 0.2) is 39.8 Å². The minimum absolute atomic E-state index is 0.195. The first-order chi connectivity index (χ1) is 8.74. The van der Waals surface area contributed by atoms with E-state index in [2.05, 4.69) is 4.98 Å². The Hall–Kier alpha value is -1.75. The number of carbonyl (C=O) groups excluding carboxylic acids is 1. The van der Waals surface area contributed by atoms with Crippen LogP contribution in [0.3, 0.4) is 0 Å². The fourth-order valence-corrected chi connectivity index (χ4v) is 1.85. The molecule has 0 saturated heterocycles. The summed E-state index contributed by atoms with van der Waals surface area (Å²) >= 11 is 1.66. The highest BCUT2D eigenvalue weighted by Crippen LogP contribution is 2.22. The smallest absolute Gasteiger partial charge is 0.360 e. The largest absolute Gasteiger partial charge is 0.461 e. The average molecular weight is 263 g/mol. The van der Waals surface area contributed by atoms with Crippen molar-refractivity contribution in [3.8, 4) is 11.5 Å². The zero-order valence-corrected chi connectivity index (χ0v) is 11.0. The van der Waals surface area contributed by atoms with Crippen molar-refractivity contribution in [1.82, 2.24) is 4.98 Å². The molecule has 0 aliphatic carbocycles. The molecular weight excluding hydrogens is 250 g/mol. The van der Waals surface area contributed by atoms with E-state index >= 15 is 0 Å². The molecule has 18 heavy (non-hydrogen) atoms. The van der Waals surface area contributed by atoms with E-state index in [0.29, 0.717) is 12.5 Å². The number of carbonyl (C=O) groups is 1. The number of hydrogen-bond donors (Lipinski definition) is 0. The zero-order chi connectivity index (χ0) is 13.0. The van der Waals surface area contributed by atoms with E-state index < -0.39 is 5.97 Å². The topological polar surface area (TPSA) is 52.3 Å². The monoisotopic (exact) mass is 263 g/mol. The van der Waals surface area contributed by atoms with Crippen molar-refractivity contribution in [3.63, 3.8) is 0 Å². The van der Waals surface area contributed by atoms with E-state index in [1.165, 1.54) is 6.26 Å². The van der Waals surface area contributed by atoms with Crippen LogP contribution in [0.2, 0.25) is 0 Å². The van der Waals surface area contributed by atoms with Crippen molar-refractivity contribution in [3.05, 3.63) is 36.2 Å². The number of oxazole rings is 1. The molecule has 0 radical (unpaired) electrons. The second kappa shape index (κ2) is 5.73. The second-order valence-corrected chi connectivity index (χ2v) is 4.37. The SMILES string of the molecule is CCOC(=O)c1coc(-c2ccc(SC)cc2)n1. The summed E-state index contributed by atoms with van der Waals surface area (Å²) in [6.45, 7) is 2.07. The lowest BCUT2D eigenvalue weighted by molar-refractivity contribution is 0.0519. The van der Waals surface area contributed by atoms with E-state index in [-0.39, 0.29) is 5.69 Å². The number of hydrogen-bond acceptors (Lipinski definition) is 5. The summed E-state index contributed by atoms with van der Waals surface area (Å²) in [6.07, 6.45) is 3.33. The molecule has 0 N–H and O–H groups in total. The van der Waals surface area contributed by atoms with Crippen LogP contribution in [0.1, 0.15) is 17.4 Å². The van der Waals surface area contributed by atoms with E-state index in [1.807, 2.05) is 30.5 Å². The summed E-state index contributed by atoms with van der Waals surface area (Å²) in [5, 5.41) is 0. The van der Waals surface area contributed by atoms with Crippen molar-refractivity contribution >= 4 is 17.7 Å². The Labute approximate surface area is 109 Å². The molecule has 0 fully saturated rings. The van der Waals surface area contributed by atoms with Gasteiger partial charge in [-0.3, -0.25) is 0 Å². The third kappa shape index (κ3) is 2.73. The van der Waals surface area contributed by atoms with Gasteiger partial charge in [0.05, 0.1) is 6.61 Å². The van der Waals surface area contributed by atoms with Gasteiger partial charge in [0.15, 0.2) is 5.69 Å². The lowest BCUT2D eigenvalue weighted by Gasteiger charge is -1.97. The Morgan fingerprint density at radius 2 is 2.11 bits per heavy atom. The highest BCUT2D eigenvalue weighted by Gasteiger charge is 2.13. The predicted octanol–water partition coefficient (Wildman–Crippen LogP) is 3.24. The maximum absolute atomic E-state index is 11.4. The summed E-state index contributed by atoms with van der Waals surface area (Å²) in [4.78, 5) is 16.7. The van der Waals surface area contributed by atoms with Gasteiger partial charge in [-0.1, -0.05) is 0 Å². The molecule has 1 aromatic heterocycles. The van der Waals surface area contributed by atoms with Crippen LogP contribution in [0.5, 0.6) is 0 Å². The Morgan fingerprint density at radius 3 is 2.72 bits per heavy atom. The van der Waals surface area contributed by atoms with Gasteiger partial charge >= 0.3 is 5.97 Å². The molecule has 1 heterocycles. The molecule has 0 amide bonds. The lowest BCUT2D eigenvalue weighted by Crippen LogP contribution is -2.04. The van der Waals surface area contributed by atoms with Crippen LogP contribution in [-0.4, -0.2) is 23.8 Å². The minimum Gasteiger partial charge on any atom is -0.461 e. The van der Waals surface area contributed by atoms with Crippen molar-refractivity contribution < 1.29 is 13.9 Å². The van der Waals surface area contributed by atoms with Crippen LogP contribution in [-0.2, 0) is 4.74 Å². The van der Waals surface area contributed by atoms with Gasteiger partial charge in [-0.2, -0.15) is 0 Å². The van der Waals surface area contributed by atoms with Gasteiger partial charge in [0, 0.05) is 10.5 Å². The van der Waals surface area contributed by atoms with Crippen LogP contribution in [0.25, 0.3) is 11.5 Å². The number of rotatable bonds is 4. The standard InChI is InChI=1S/C13H13NO3S/c1-3-16-13(15)11-8-17-12(14-11)9-4-6-10(18-2)7-5-9/h4-8H,3H2,1-2H3. The predicted molar refractivity (Wildman–Crippen MR) is 69.7 cm³/mol. The number of benzene rings is 1. The molecule has 4 nitrogen and oxygen atoms in total. The molecule has 0 spiro atoms. The third-order valence-electron chi connectivity index (χ3n) is 2.33. The zero-order valence-electron chi connectivity index (χ0n) is 10.2. The van der Waals surface area contributed by atoms with Gasteiger partial charge in [0.2, 0.25) is 5.89 Å². The molecule has 1 aromatic carbocycles. The van der Waals surface area contributed by atoms with E-state index in [1.54, 1.807) is 18.7 Å². The molecule has 94 valence electrons. The van der Waals surface area contributed by atoms with E-state index in [4.69, 9.17) is 9.15 Å². The van der Waals surface area contributed by atoms with Crippen molar-refractivity contribution in [2.75, 3.05) is 12.9 Å². The first-order valence-corrected chi connectivity index (χ1v) is 6.74. The molecular formula is C13H13NO3S. The third-order valence-corrected chi connectivity index (χ3v) is 3.07. The number of ether oxygens (including phenoxy) is 1. The van der Waals surface area contributed by atoms with Gasteiger partial charge in [0.25, 0.3) is 0 Å². The van der Waals surface area contributed by atoms with Crippen molar-refractivity contribution in [1.29, 1.82) is 0 Å². The number of nitrogens with zero attached hydrogens (tertiary/aromatic N) is 1. The maximum atomic E-state index is 11.4. The molecule has 0 aliphatic heterocycles. The molecule has 0 unspecified atom stereocenters. The summed E-state index contributed by atoms with van der Waals surface area (Å²) in [7, 11) is 0. The minimum atomic E-state index is -0.465. The average Bonchev–Trinajstić information content (AvgIpc) is 2.89. The molecule has 0 saturated carbocycles. The number of aromatic nitrogens is 1. The normalized spacial score (nSPS) is 10.3. The number of esters is 1. The molecule has 0 bridgehead atoms. The van der Waals surface area contributed by atoms with Crippen LogP contribution in [0.4, 0.5) is 0 Å². The van der Waals surface area contributed by atoms with Crippen LogP contribution < -0.4 is 0 Å². The van der Waals surface area contributed by atoms with E-state index in [0.717, 1.165) is 10.5 Å². The highest BCUT2D eigenvalue weighted by atomic mass is 32.2.